The molecular formula is C9H10LiNO2. The Bertz CT molecular complexity index is 276. The van der Waals surface area contributed by atoms with Gasteiger partial charge in [0.05, 0.1) is 12.5 Å². The molecule has 0 aromatic heterocycles. The van der Waals surface area contributed by atoms with E-state index in [1.165, 1.54) is 0 Å². The molecule has 1 aliphatic carbocycles. The molecule has 0 saturated carbocycles. The number of allylic oxidation sites excluding steroid dienone is 4. The molecular weight excluding hydrogens is 161 g/mol. The van der Waals surface area contributed by atoms with Crippen LogP contribution in [0, 0.1) is 16.7 Å². The zero-order valence-electron chi connectivity index (χ0n) is 6.53. The van der Waals surface area contributed by atoms with Crippen molar-refractivity contribution < 1.29 is 9.90 Å². The van der Waals surface area contributed by atoms with Gasteiger partial charge in [0.15, 0.2) is 0 Å². The Morgan fingerprint density at radius 3 is 2.46 bits per heavy atom. The third-order valence-electron chi connectivity index (χ3n) is 1.75. The van der Waals surface area contributed by atoms with E-state index >= 15 is 0 Å². The van der Waals surface area contributed by atoms with E-state index < -0.39 is 11.4 Å². The molecule has 3 nitrogen and oxygen atoms in total. The van der Waals surface area contributed by atoms with Gasteiger partial charge in [-0.15, -0.1) is 0 Å². The number of carboxylic acids is 1. The van der Waals surface area contributed by atoms with E-state index in [-0.39, 0.29) is 25.3 Å². The second kappa shape index (κ2) is 4.92. The number of nitriles is 1. The van der Waals surface area contributed by atoms with Crippen LogP contribution in [0.15, 0.2) is 24.3 Å². The van der Waals surface area contributed by atoms with Gasteiger partial charge in [-0.1, -0.05) is 24.3 Å². The maximum absolute atomic E-state index is 10.4. The van der Waals surface area contributed by atoms with Crippen LogP contribution in [-0.2, 0) is 4.79 Å². The van der Waals surface area contributed by atoms with Crippen molar-refractivity contribution in [1.29, 1.82) is 5.26 Å². The van der Waals surface area contributed by atoms with Crippen molar-refractivity contribution >= 4 is 24.8 Å². The summed E-state index contributed by atoms with van der Waals surface area (Å²) in [4.78, 5) is 10.4. The molecule has 0 heterocycles. The molecule has 1 rings (SSSR count). The second-order valence-corrected chi connectivity index (χ2v) is 2.76. The van der Waals surface area contributed by atoms with Crippen molar-refractivity contribution in [2.75, 3.05) is 0 Å². The normalized spacial score (nSPS) is 17.2. The Labute approximate surface area is 88.9 Å². The fourth-order valence-corrected chi connectivity index (χ4v) is 1.17. The van der Waals surface area contributed by atoms with Crippen LogP contribution in [0.5, 0.6) is 0 Å². The van der Waals surface area contributed by atoms with E-state index in [2.05, 4.69) is 0 Å². The third kappa shape index (κ3) is 3.11. The average Bonchev–Trinajstić information content (AvgIpc) is 2.05. The van der Waals surface area contributed by atoms with E-state index in [1.54, 1.807) is 12.2 Å². The van der Waals surface area contributed by atoms with Crippen LogP contribution in [0.1, 0.15) is 12.8 Å². The van der Waals surface area contributed by atoms with Gasteiger partial charge in [-0.2, -0.15) is 5.26 Å². The summed E-state index contributed by atoms with van der Waals surface area (Å²) >= 11 is 0. The fourth-order valence-electron chi connectivity index (χ4n) is 1.17. The maximum atomic E-state index is 10.4. The summed E-state index contributed by atoms with van der Waals surface area (Å²) < 4.78 is 0. The van der Waals surface area contributed by atoms with Gasteiger partial charge in [-0.05, 0) is 6.42 Å². The Morgan fingerprint density at radius 2 is 2.08 bits per heavy atom. The molecule has 0 bridgehead atoms. The molecule has 0 aromatic rings. The first-order valence-electron chi connectivity index (χ1n) is 3.67. The van der Waals surface area contributed by atoms with E-state index in [4.69, 9.17) is 10.4 Å². The van der Waals surface area contributed by atoms with Crippen LogP contribution in [-0.4, -0.2) is 29.9 Å². The minimum atomic E-state index is -0.951. The zero-order chi connectivity index (χ0) is 9.03. The van der Waals surface area contributed by atoms with Crippen molar-refractivity contribution in [3.63, 3.8) is 0 Å². The summed E-state index contributed by atoms with van der Waals surface area (Å²) in [6.07, 6.45) is 7.56. The number of rotatable bonds is 2. The van der Waals surface area contributed by atoms with Crippen LogP contribution >= 0.6 is 0 Å². The molecule has 0 aromatic carbocycles. The van der Waals surface area contributed by atoms with Gasteiger partial charge in [0.2, 0.25) is 0 Å². The molecule has 13 heavy (non-hydrogen) atoms. The molecule has 1 aliphatic rings. The number of carboxylic acid groups (broad SMARTS) is 1. The van der Waals surface area contributed by atoms with Gasteiger partial charge in [-0.3, -0.25) is 4.79 Å². The summed E-state index contributed by atoms with van der Waals surface area (Å²) in [6, 6.07) is 1.99. The summed E-state index contributed by atoms with van der Waals surface area (Å²) in [5, 5.41) is 17.3. The summed E-state index contributed by atoms with van der Waals surface area (Å²) in [7, 11) is 0. The third-order valence-corrected chi connectivity index (χ3v) is 1.75. The summed E-state index contributed by atoms with van der Waals surface area (Å²) in [6.45, 7) is 0. The minimum absolute atomic E-state index is 0. The van der Waals surface area contributed by atoms with Gasteiger partial charge in [0.25, 0.3) is 0 Å². The van der Waals surface area contributed by atoms with Gasteiger partial charge in [0, 0.05) is 0 Å². The molecule has 64 valence electrons. The SMILES string of the molecule is N#CC1(CC(=O)O)C=CCC=C1.[LiH]. The fraction of sp³-hybridized carbons (Fsp3) is 0.333. The standard InChI is InChI=1S/C9H9NO2.Li.H/c10-7-9(6-8(11)12)4-2-1-3-5-9;;/h2-5H,1,6H2,(H,11,12);;. The number of hydrogen-bond donors (Lipinski definition) is 1. The van der Waals surface area contributed by atoms with Crippen molar-refractivity contribution in [2.24, 2.45) is 5.41 Å². The predicted molar refractivity (Wildman–Crippen MR) is 50.3 cm³/mol. The van der Waals surface area contributed by atoms with Crippen LogP contribution in [0.25, 0.3) is 0 Å². The molecule has 0 atom stereocenters. The molecule has 4 heteroatoms. The molecule has 0 radical (unpaired) electrons. The number of aliphatic carboxylic acids is 1. The second-order valence-electron chi connectivity index (χ2n) is 2.76. The monoisotopic (exact) mass is 171 g/mol. The number of hydrogen-bond acceptors (Lipinski definition) is 2. The number of carbonyl (C=O) groups is 1. The van der Waals surface area contributed by atoms with Crippen LogP contribution in [0.4, 0.5) is 0 Å². The van der Waals surface area contributed by atoms with Crippen molar-refractivity contribution in [1.82, 2.24) is 0 Å². The Morgan fingerprint density at radius 1 is 1.54 bits per heavy atom. The first-order valence-corrected chi connectivity index (χ1v) is 3.67. The molecule has 0 fully saturated rings. The van der Waals surface area contributed by atoms with E-state index in [1.807, 2.05) is 18.2 Å². The van der Waals surface area contributed by atoms with Crippen molar-refractivity contribution in [2.45, 2.75) is 12.8 Å². The molecule has 0 spiro atoms. The zero-order valence-corrected chi connectivity index (χ0v) is 6.53. The average molecular weight is 171 g/mol. The van der Waals surface area contributed by atoms with Gasteiger partial charge in [0.1, 0.15) is 5.41 Å². The molecule has 1 N–H and O–H groups in total. The van der Waals surface area contributed by atoms with E-state index in [0.717, 1.165) is 6.42 Å². The topological polar surface area (TPSA) is 61.1 Å². The van der Waals surface area contributed by atoms with Gasteiger partial charge < -0.3 is 5.11 Å². The summed E-state index contributed by atoms with van der Waals surface area (Å²) in [5.74, 6) is -0.951. The molecule has 0 unspecified atom stereocenters. The van der Waals surface area contributed by atoms with Crippen LogP contribution in [0.3, 0.4) is 0 Å². The van der Waals surface area contributed by atoms with Gasteiger partial charge in [-0.25, -0.2) is 0 Å². The Balaban J connectivity index is 0.00000144. The Kier molecular flexibility index (Phi) is 4.55. The van der Waals surface area contributed by atoms with Gasteiger partial charge >= 0.3 is 24.8 Å². The Hall–Kier alpha value is -0.963. The molecule has 0 amide bonds. The first-order chi connectivity index (χ1) is 5.68. The predicted octanol–water partition coefficient (Wildman–Crippen LogP) is 0.839. The van der Waals surface area contributed by atoms with E-state index in [9.17, 15) is 4.79 Å². The molecule has 0 saturated heterocycles. The van der Waals surface area contributed by atoms with Crippen molar-refractivity contribution in [3.05, 3.63) is 24.3 Å². The first kappa shape index (κ1) is 12.0. The summed E-state index contributed by atoms with van der Waals surface area (Å²) in [5.41, 5.74) is -0.913. The molecule has 0 aliphatic heterocycles. The van der Waals surface area contributed by atoms with E-state index in [0.29, 0.717) is 0 Å². The quantitative estimate of drug-likeness (QED) is 0.494. The van der Waals surface area contributed by atoms with Crippen molar-refractivity contribution in [3.8, 4) is 6.07 Å². The van der Waals surface area contributed by atoms with Crippen LogP contribution in [0.2, 0.25) is 0 Å². The number of nitrogens with zero attached hydrogens (tertiary/aromatic N) is 1. The van der Waals surface area contributed by atoms with Crippen LogP contribution < -0.4 is 0 Å².